The molecule has 7 nitrogen and oxygen atoms in total. The van der Waals surface area contributed by atoms with Gasteiger partial charge < -0.3 is 5.11 Å². The highest BCUT2D eigenvalue weighted by Crippen LogP contribution is 2.30. The Labute approximate surface area is 127 Å². The molecule has 1 aromatic carbocycles. The van der Waals surface area contributed by atoms with Gasteiger partial charge in [0.1, 0.15) is 5.02 Å². The molecule has 1 unspecified atom stereocenters. The van der Waals surface area contributed by atoms with Crippen molar-refractivity contribution in [1.82, 2.24) is 4.31 Å². The summed E-state index contributed by atoms with van der Waals surface area (Å²) in [5, 5.41) is 19.9. The molecule has 0 amide bonds. The SMILES string of the molecule is O=[N+]([O-])c1cc(S(=O)(=O)N2CCCC(CO)C2)ccc1Cl. The van der Waals surface area contributed by atoms with Crippen molar-refractivity contribution in [1.29, 1.82) is 0 Å². The fraction of sp³-hybridized carbons (Fsp3) is 0.500. The van der Waals surface area contributed by atoms with E-state index >= 15 is 0 Å². The van der Waals surface area contributed by atoms with Gasteiger partial charge in [0.05, 0.1) is 9.82 Å². The Kier molecular flexibility index (Phi) is 4.82. The van der Waals surface area contributed by atoms with Gasteiger partial charge in [0.15, 0.2) is 0 Å². The molecule has 1 heterocycles. The Morgan fingerprint density at radius 1 is 1.48 bits per heavy atom. The van der Waals surface area contributed by atoms with Gasteiger partial charge in [-0.3, -0.25) is 10.1 Å². The molecule has 2 rings (SSSR count). The van der Waals surface area contributed by atoms with Gasteiger partial charge in [-0.05, 0) is 30.9 Å². The predicted molar refractivity (Wildman–Crippen MR) is 76.7 cm³/mol. The topological polar surface area (TPSA) is 101 Å². The first-order valence-electron chi connectivity index (χ1n) is 6.41. The summed E-state index contributed by atoms with van der Waals surface area (Å²) in [5.74, 6) is -0.101. The highest BCUT2D eigenvalue weighted by Gasteiger charge is 2.31. The Bertz CT molecular complexity index is 649. The van der Waals surface area contributed by atoms with Gasteiger partial charge >= 0.3 is 0 Å². The lowest BCUT2D eigenvalue weighted by molar-refractivity contribution is -0.384. The van der Waals surface area contributed by atoms with Gasteiger partial charge in [0, 0.05) is 25.8 Å². The van der Waals surface area contributed by atoms with Crippen LogP contribution in [0, 0.1) is 16.0 Å². The number of hydrogen-bond donors (Lipinski definition) is 1. The third kappa shape index (κ3) is 3.34. The third-order valence-electron chi connectivity index (χ3n) is 3.49. The molecule has 1 saturated heterocycles. The zero-order valence-electron chi connectivity index (χ0n) is 11.1. The lowest BCUT2D eigenvalue weighted by Gasteiger charge is -2.30. The Hall–Kier alpha value is -1.22. The number of piperidine rings is 1. The Balaban J connectivity index is 2.35. The maximum Gasteiger partial charge on any atom is 0.289 e. The number of nitro groups is 1. The Morgan fingerprint density at radius 2 is 2.19 bits per heavy atom. The summed E-state index contributed by atoms with van der Waals surface area (Å²) < 4.78 is 26.3. The van der Waals surface area contributed by atoms with Crippen molar-refractivity contribution in [3.63, 3.8) is 0 Å². The average molecular weight is 335 g/mol. The molecule has 0 radical (unpaired) electrons. The molecule has 0 bridgehead atoms. The Morgan fingerprint density at radius 3 is 2.81 bits per heavy atom. The van der Waals surface area contributed by atoms with Crippen LogP contribution in [0.5, 0.6) is 0 Å². The third-order valence-corrected chi connectivity index (χ3v) is 5.67. The molecule has 0 spiro atoms. The summed E-state index contributed by atoms with van der Waals surface area (Å²) in [6.07, 6.45) is 1.42. The highest BCUT2D eigenvalue weighted by atomic mass is 35.5. The maximum absolute atomic E-state index is 12.5. The van der Waals surface area contributed by atoms with Crippen molar-refractivity contribution < 1.29 is 18.4 Å². The number of hydrogen-bond acceptors (Lipinski definition) is 5. The van der Waals surface area contributed by atoms with Crippen molar-refractivity contribution >= 4 is 27.3 Å². The molecule has 0 aromatic heterocycles. The van der Waals surface area contributed by atoms with Crippen LogP contribution < -0.4 is 0 Å². The maximum atomic E-state index is 12.5. The molecule has 21 heavy (non-hydrogen) atoms. The van der Waals surface area contributed by atoms with Crippen molar-refractivity contribution in [2.45, 2.75) is 17.7 Å². The number of nitrogens with zero attached hydrogens (tertiary/aromatic N) is 2. The van der Waals surface area contributed by atoms with Crippen LogP contribution >= 0.6 is 11.6 Å². The number of benzene rings is 1. The van der Waals surface area contributed by atoms with Crippen molar-refractivity contribution in [3.05, 3.63) is 33.3 Å². The van der Waals surface area contributed by atoms with Gasteiger partial charge in [-0.2, -0.15) is 4.31 Å². The fourth-order valence-electron chi connectivity index (χ4n) is 2.34. The second-order valence-corrected chi connectivity index (χ2v) is 7.27. The van der Waals surface area contributed by atoms with Gasteiger partial charge in [-0.25, -0.2) is 8.42 Å². The largest absolute Gasteiger partial charge is 0.396 e. The molecule has 1 atom stereocenters. The number of nitro benzene ring substituents is 1. The van der Waals surface area contributed by atoms with Crippen molar-refractivity contribution in [3.8, 4) is 0 Å². The van der Waals surface area contributed by atoms with E-state index in [9.17, 15) is 23.6 Å². The van der Waals surface area contributed by atoms with E-state index in [4.69, 9.17) is 11.6 Å². The second kappa shape index (κ2) is 6.27. The smallest absolute Gasteiger partial charge is 0.289 e. The standard InChI is InChI=1S/C12H15ClN2O5S/c13-11-4-3-10(6-12(11)15(17)18)21(19,20)14-5-1-2-9(7-14)8-16/h3-4,6,9,16H,1-2,5,7-8H2. The monoisotopic (exact) mass is 334 g/mol. The summed E-state index contributed by atoms with van der Waals surface area (Å²) in [6, 6.07) is 3.44. The summed E-state index contributed by atoms with van der Waals surface area (Å²) in [6.45, 7) is 0.483. The summed E-state index contributed by atoms with van der Waals surface area (Å²) in [5.41, 5.74) is -0.437. The molecular weight excluding hydrogens is 320 g/mol. The lowest BCUT2D eigenvalue weighted by Crippen LogP contribution is -2.40. The summed E-state index contributed by atoms with van der Waals surface area (Å²) in [4.78, 5) is 9.99. The number of sulfonamides is 1. The number of aliphatic hydroxyl groups is 1. The van der Waals surface area contributed by atoms with E-state index in [2.05, 4.69) is 0 Å². The molecule has 1 N–H and O–H groups in total. The predicted octanol–water partition coefficient (Wildman–Crippen LogP) is 1.64. The van der Waals surface area contributed by atoms with Crippen LogP contribution in [-0.4, -0.2) is 42.4 Å². The summed E-state index contributed by atoms with van der Waals surface area (Å²) >= 11 is 5.69. The molecule has 1 fully saturated rings. The minimum atomic E-state index is -3.82. The van der Waals surface area contributed by atoms with Crippen molar-refractivity contribution in [2.75, 3.05) is 19.7 Å². The molecule has 0 saturated carbocycles. The average Bonchev–Trinajstić information content (AvgIpc) is 2.47. The van der Waals surface area contributed by atoms with E-state index in [1.165, 1.54) is 16.4 Å². The van der Waals surface area contributed by atoms with Crippen molar-refractivity contribution in [2.24, 2.45) is 5.92 Å². The van der Waals surface area contributed by atoms with Gasteiger partial charge in [-0.1, -0.05) is 11.6 Å². The lowest BCUT2D eigenvalue weighted by atomic mass is 10.0. The van der Waals surface area contributed by atoms with Gasteiger partial charge in [0.25, 0.3) is 5.69 Å². The number of halogens is 1. The first-order chi connectivity index (χ1) is 9.86. The normalized spacial score (nSPS) is 20.4. The van der Waals surface area contributed by atoms with E-state index < -0.39 is 20.6 Å². The molecular formula is C12H15ClN2O5S. The van der Waals surface area contributed by atoms with E-state index in [0.29, 0.717) is 13.0 Å². The van der Waals surface area contributed by atoms with Crippen LogP contribution in [0.2, 0.25) is 5.02 Å². The minimum Gasteiger partial charge on any atom is -0.396 e. The number of aliphatic hydroxyl groups excluding tert-OH is 1. The van der Waals surface area contributed by atoms with Crippen LogP contribution in [0.25, 0.3) is 0 Å². The molecule has 0 aliphatic carbocycles. The van der Waals surface area contributed by atoms with E-state index in [0.717, 1.165) is 12.5 Å². The molecule has 9 heteroatoms. The van der Waals surface area contributed by atoms with Crippen LogP contribution in [-0.2, 0) is 10.0 Å². The highest BCUT2D eigenvalue weighted by molar-refractivity contribution is 7.89. The first kappa shape index (κ1) is 16.2. The second-order valence-electron chi connectivity index (χ2n) is 4.92. The minimum absolute atomic E-state index is 0.0766. The molecule has 1 aromatic rings. The van der Waals surface area contributed by atoms with E-state index in [1.54, 1.807) is 0 Å². The quantitative estimate of drug-likeness (QED) is 0.666. The van der Waals surface area contributed by atoms with E-state index in [-0.39, 0.29) is 29.0 Å². The van der Waals surface area contributed by atoms with Gasteiger partial charge in [0.2, 0.25) is 10.0 Å². The van der Waals surface area contributed by atoms with Crippen LogP contribution in [0.4, 0.5) is 5.69 Å². The number of rotatable bonds is 4. The van der Waals surface area contributed by atoms with Crippen LogP contribution in [0.15, 0.2) is 23.1 Å². The van der Waals surface area contributed by atoms with Crippen LogP contribution in [0.1, 0.15) is 12.8 Å². The molecule has 1 aliphatic rings. The zero-order chi connectivity index (χ0) is 15.6. The van der Waals surface area contributed by atoms with Gasteiger partial charge in [-0.15, -0.1) is 0 Å². The molecule has 1 aliphatic heterocycles. The zero-order valence-corrected chi connectivity index (χ0v) is 12.7. The summed E-state index contributed by atoms with van der Waals surface area (Å²) in [7, 11) is -3.82. The fourth-order valence-corrected chi connectivity index (χ4v) is 4.10. The molecule has 116 valence electrons. The van der Waals surface area contributed by atoms with Crippen LogP contribution in [0.3, 0.4) is 0 Å². The van der Waals surface area contributed by atoms with E-state index in [1.807, 2.05) is 0 Å². The first-order valence-corrected chi connectivity index (χ1v) is 8.23.